The summed E-state index contributed by atoms with van der Waals surface area (Å²) >= 11 is 1.49. The van der Waals surface area contributed by atoms with Gasteiger partial charge in [-0.1, -0.05) is 66.8 Å². The van der Waals surface area contributed by atoms with E-state index < -0.39 is 11.6 Å². The van der Waals surface area contributed by atoms with Crippen LogP contribution >= 0.6 is 11.3 Å². The summed E-state index contributed by atoms with van der Waals surface area (Å²) in [5, 5.41) is 10.2. The van der Waals surface area contributed by atoms with Crippen LogP contribution in [0.4, 0.5) is 0 Å². The van der Waals surface area contributed by atoms with Gasteiger partial charge in [-0.15, -0.1) is 10.2 Å². The second-order valence-corrected chi connectivity index (χ2v) is 7.18. The van der Waals surface area contributed by atoms with Gasteiger partial charge in [-0.3, -0.25) is 0 Å². The largest absolute Gasteiger partial charge is 0.440 e. The van der Waals surface area contributed by atoms with Gasteiger partial charge in [-0.05, 0) is 31.1 Å². The highest BCUT2D eigenvalue weighted by Gasteiger charge is 2.37. The van der Waals surface area contributed by atoms with Crippen molar-refractivity contribution in [2.45, 2.75) is 38.2 Å². The fourth-order valence-electron chi connectivity index (χ4n) is 2.83. The van der Waals surface area contributed by atoms with Crippen LogP contribution < -0.4 is 0 Å². The van der Waals surface area contributed by atoms with Crippen LogP contribution in [-0.2, 0) is 21.6 Å². The lowest BCUT2D eigenvalue weighted by Crippen LogP contribution is -2.29. The quantitative estimate of drug-likeness (QED) is 0.422. The highest BCUT2D eigenvalue weighted by molar-refractivity contribution is 7.11. The molecule has 134 valence electrons. The van der Waals surface area contributed by atoms with Gasteiger partial charge in [-0.25, -0.2) is 4.79 Å². The van der Waals surface area contributed by atoms with Gasteiger partial charge >= 0.3 is 5.97 Å². The van der Waals surface area contributed by atoms with Crippen molar-refractivity contribution < 1.29 is 9.53 Å². The molecule has 0 radical (unpaired) electrons. The van der Waals surface area contributed by atoms with Crippen molar-refractivity contribution in [3.8, 4) is 0 Å². The summed E-state index contributed by atoms with van der Waals surface area (Å²) in [6.07, 6.45) is 12.9. The Morgan fingerprint density at radius 3 is 2.62 bits per heavy atom. The molecule has 26 heavy (non-hydrogen) atoms. The molecule has 0 N–H and O–H groups in total. The van der Waals surface area contributed by atoms with E-state index in [1.54, 1.807) is 13.0 Å². The maximum Gasteiger partial charge on any atom is 0.332 e. The number of rotatable bonds is 6. The van der Waals surface area contributed by atoms with E-state index in [9.17, 15) is 4.79 Å². The van der Waals surface area contributed by atoms with E-state index in [1.807, 2.05) is 30.4 Å². The number of hydrogen-bond donors (Lipinski definition) is 0. The Bertz CT molecular complexity index is 823. The summed E-state index contributed by atoms with van der Waals surface area (Å²) in [6, 6.07) is 10.2. The number of nitrogens with zero attached hydrogens (tertiary/aromatic N) is 2. The van der Waals surface area contributed by atoms with Crippen molar-refractivity contribution >= 4 is 17.3 Å². The minimum absolute atomic E-state index is 0.146. The zero-order chi connectivity index (χ0) is 18.4. The molecule has 5 heteroatoms. The van der Waals surface area contributed by atoms with Crippen LogP contribution in [0.15, 0.2) is 66.8 Å². The zero-order valence-corrected chi connectivity index (χ0v) is 15.8. The van der Waals surface area contributed by atoms with Crippen molar-refractivity contribution in [2.75, 3.05) is 0 Å². The van der Waals surface area contributed by atoms with Gasteiger partial charge in [0.2, 0.25) is 5.60 Å². The third-order valence-electron chi connectivity index (χ3n) is 4.12. The molecule has 3 rings (SSSR count). The normalized spacial score (nSPS) is 22.0. The molecule has 1 aromatic carbocycles. The first-order valence-corrected chi connectivity index (χ1v) is 9.60. The third-order valence-corrected chi connectivity index (χ3v) is 5.24. The fourth-order valence-corrected chi connectivity index (χ4v) is 3.86. The van der Waals surface area contributed by atoms with Crippen molar-refractivity contribution in [3.05, 3.63) is 82.4 Å². The Hall–Kier alpha value is -2.53. The smallest absolute Gasteiger partial charge is 0.332 e. The van der Waals surface area contributed by atoms with E-state index in [0.717, 1.165) is 17.8 Å². The molecule has 1 aliphatic rings. The first-order valence-electron chi connectivity index (χ1n) is 8.79. The minimum Gasteiger partial charge on any atom is -0.440 e. The number of benzene rings is 1. The van der Waals surface area contributed by atoms with Crippen LogP contribution in [0, 0.1) is 0 Å². The van der Waals surface area contributed by atoms with Crippen molar-refractivity contribution in [1.29, 1.82) is 0 Å². The number of hydrogen-bond acceptors (Lipinski definition) is 5. The van der Waals surface area contributed by atoms with Gasteiger partial charge in [0, 0.05) is 18.4 Å². The summed E-state index contributed by atoms with van der Waals surface area (Å²) in [7, 11) is 0. The molecule has 0 unspecified atom stereocenters. The molecule has 0 amide bonds. The maximum atomic E-state index is 12.2. The van der Waals surface area contributed by atoms with Gasteiger partial charge in [0.1, 0.15) is 5.01 Å². The van der Waals surface area contributed by atoms with E-state index in [-0.39, 0.29) is 5.92 Å². The van der Waals surface area contributed by atoms with Crippen LogP contribution in [0.3, 0.4) is 0 Å². The Morgan fingerprint density at radius 2 is 1.96 bits per heavy atom. The molecule has 0 spiro atoms. The lowest BCUT2D eigenvalue weighted by atomic mass is 9.88. The van der Waals surface area contributed by atoms with E-state index in [4.69, 9.17) is 4.74 Å². The Labute approximate surface area is 157 Å². The first kappa shape index (κ1) is 18.3. The Kier molecular flexibility index (Phi) is 5.78. The summed E-state index contributed by atoms with van der Waals surface area (Å²) in [5.74, 6) is -0.250. The molecule has 0 aliphatic heterocycles. The van der Waals surface area contributed by atoms with E-state index in [0.29, 0.717) is 5.01 Å². The molecule has 4 nitrogen and oxygen atoms in total. The number of esters is 1. The molecular formula is C21H22N2O2S. The maximum absolute atomic E-state index is 12.2. The predicted octanol–water partition coefficient (Wildman–Crippen LogP) is 4.72. The first-order chi connectivity index (χ1) is 12.7. The topological polar surface area (TPSA) is 52.1 Å². The van der Waals surface area contributed by atoms with Crippen LogP contribution in [0.5, 0.6) is 0 Å². The van der Waals surface area contributed by atoms with Crippen LogP contribution in [0.1, 0.15) is 41.8 Å². The SMILES string of the molecule is C/C=C/C(=O)OC1(c2nnc(CCC)s2)C=CC(c2ccccc2)C=C1. The number of aryl methyl sites for hydroxylation is 1. The van der Waals surface area contributed by atoms with Crippen LogP contribution in [0.2, 0.25) is 0 Å². The van der Waals surface area contributed by atoms with Crippen molar-refractivity contribution in [3.63, 3.8) is 0 Å². The van der Waals surface area contributed by atoms with E-state index in [1.165, 1.54) is 23.0 Å². The number of allylic oxidation sites excluding steroid dienone is 3. The molecular weight excluding hydrogens is 344 g/mol. The fraction of sp³-hybridized carbons (Fsp3) is 0.286. The van der Waals surface area contributed by atoms with Crippen LogP contribution in [-0.4, -0.2) is 16.2 Å². The average Bonchev–Trinajstić information content (AvgIpc) is 3.13. The molecule has 0 atom stereocenters. The second-order valence-electron chi connectivity index (χ2n) is 6.12. The molecule has 0 bridgehead atoms. The Balaban J connectivity index is 1.92. The monoisotopic (exact) mass is 366 g/mol. The lowest BCUT2D eigenvalue weighted by Gasteiger charge is -2.28. The molecule has 1 aromatic heterocycles. The van der Waals surface area contributed by atoms with Gasteiger partial charge in [0.25, 0.3) is 0 Å². The lowest BCUT2D eigenvalue weighted by molar-refractivity contribution is -0.146. The van der Waals surface area contributed by atoms with Crippen molar-refractivity contribution in [1.82, 2.24) is 10.2 Å². The summed E-state index contributed by atoms with van der Waals surface area (Å²) in [6.45, 7) is 3.89. The highest BCUT2D eigenvalue weighted by Crippen LogP contribution is 2.37. The van der Waals surface area contributed by atoms with Crippen LogP contribution in [0.25, 0.3) is 0 Å². The minimum atomic E-state index is -0.995. The molecule has 1 aliphatic carbocycles. The molecule has 0 saturated heterocycles. The number of carbonyl (C=O) groups excluding carboxylic acids is 1. The summed E-state index contributed by atoms with van der Waals surface area (Å²) in [4.78, 5) is 12.2. The van der Waals surface area contributed by atoms with E-state index >= 15 is 0 Å². The highest BCUT2D eigenvalue weighted by atomic mass is 32.1. The molecule has 0 saturated carbocycles. The number of carbonyl (C=O) groups is 1. The molecule has 1 heterocycles. The third kappa shape index (κ3) is 3.99. The zero-order valence-electron chi connectivity index (χ0n) is 15.0. The standard InChI is InChI=1S/C21H22N2O2S/c1-3-8-18-22-23-20(26-18)21(25-19(24)9-4-2)14-12-17(13-15-21)16-10-6-5-7-11-16/h4-7,9-15,17H,3,8H2,1-2H3/b9-4+. The van der Waals surface area contributed by atoms with Gasteiger partial charge in [0.05, 0.1) is 0 Å². The van der Waals surface area contributed by atoms with Gasteiger partial charge in [0.15, 0.2) is 5.01 Å². The average molecular weight is 366 g/mol. The predicted molar refractivity (Wildman–Crippen MR) is 104 cm³/mol. The number of ether oxygens (including phenoxy) is 1. The summed E-state index contributed by atoms with van der Waals surface area (Å²) < 4.78 is 5.79. The van der Waals surface area contributed by atoms with Gasteiger partial charge in [-0.2, -0.15) is 0 Å². The van der Waals surface area contributed by atoms with E-state index in [2.05, 4.69) is 41.4 Å². The van der Waals surface area contributed by atoms with Gasteiger partial charge < -0.3 is 4.74 Å². The Morgan fingerprint density at radius 1 is 1.23 bits per heavy atom. The summed E-state index contributed by atoms with van der Waals surface area (Å²) in [5.41, 5.74) is 0.197. The number of aromatic nitrogens is 2. The molecule has 2 aromatic rings. The molecule has 0 fully saturated rings. The van der Waals surface area contributed by atoms with Crippen molar-refractivity contribution in [2.24, 2.45) is 0 Å². The second kappa shape index (κ2) is 8.23.